The van der Waals surface area contributed by atoms with Crippen molar-refractivity contribution in [1.82, 2.24) is 14.9 Å². The quantitative estimate of drug-likeness (QED) is 0.852. The molecule has 1 aromatic heterocycles. The van der Waals surface area contributed by atoms with Crippen LogP contribution in [0.25, 0.3) is 0 Å². The zero-order valence-electron chi connectivity index (χ0n) is 13.9. The SMILES string of the molecule is Cc1nccc(N2CC3CC(C2)N3Cc2cccc(C(F)(F)F)c2)n1. The molecule has 3 aliphatic heterocycles. The van der Waals surface area contributed by atoms with Gasteiger partial charge in [0, 0.05) is 37.9 Å². The van der Waals surface area contributed by atoms with Crippen LogP contribution in [-0.2, 0) is 12.7 Å². The van der Waals surface area contributed by atoms with Gasteiger partial charge in [-0.15, -0.1) is 0 Å². The van der Waals surface area contributed by atoms with Crippen molar-refractivity contribution < 1.29 is 13.2 Å². The maximum atomic E-state index is 12.9. The van der Waals surface area contributed by atoms with Crippen molar-refractivity contribution >= 4 is 5.82 Å². The number of piperazine rings is 1. The molecule has 2 aromatic rings. The highest BCUT2D eigenvalue weighted by molar-refractivity contribution is 5.40. The number of hydrogen-bond donors (Lipinski definition) is 0. The molecule has 4 nitrogen and oxygen atoms in total. The van der Waals surface area contributed by atoms with Gasteiger partial charge in [0.1, 0.15) is 11.6 Å². The second-order valence-electron chi connectivity index (χ2n) is 6.78. The van der Waals surface area contributed by atoms with Gasteiger partial charge in [0.25, 0.3) is 0 Å². The molecule has 4 heterocycles. The van der Waals surface area contributed by atoms with E-state index >= 15 is 0 Å². The highest BCUT2D eigenvalue weighted by Gasteiger charge is 2.44. The molecule has 25 heavy (non-hydrogen) atoms. The van der Waals surface area contributed by atoms with Gasteiger partial charge < -0.3 is 4.90 Å². The summed E-state index contributed by atoms with van der Waals surface area (Å²) < 4.78 is 38.6. The highest BCUT2D eigenvalue weighted by Crippen LogP contribution is 2.36. The van der Waals surface area contributed by atoms with Gasteiger partial charge in [-0.2, -0.15) is 13.2 Å². The summed E-state index contributed by atoms with van der Waals surface area (Å²) in [6.45, 7) is 4.14. The molecule has 3 aliphatic rings. The third kappa shape index (κ3) is 3.20. The first-order valence-electron chi connectivity index (χ1n) is 8.36. The number of piperidine rings is 1. The molecule has 0 amide bonds. The Hall–Kier alpha value is -2.15. The summed E-state index contributed by atoms with van der Waals surface area (Å²) in [5, 5.41) is 0. The van der Waals surface area contributed by atoms with Crippen LogP contribution in [0.2, 0.25) is 0 Å². The van der Waals surface area contributed by atoms with Crippen molar-refractivity contribution in [3.8, 4) is 0 Å². The minimum absolute atomic E-state index is 0.364. The maximum absolute atomic E-state index is 12.9. The van der Waals surface area contributed by atoms with Gasteiger partial charge in [0.2, 0.25) is 0 Å². The number of aromatic nitrogens is 2. The van der Waals surface area contributed by atoms with E-state index in [2.05, 4.69) is 19.8 Å². The first-order chi connectivity index (χ1) is 11.9. The van der Waals surface area contributed by atoms with Crippen LogP contribution >= 0.6 is 0 Å². The molecule has 2 bridgehead atoms. The monoisotopic (exact) mass is 348 g/mol. The number of halogens is 3. The zero-order chi connectivity index (χ0) is 17.6. The average molecular weight is 348 g/mol. The predicted octanol–water partition coefficient (Wildman–Crippen LogP) is 3.27. The molecule has 0 aliphatic carbocycles. The van der Waals surface area contributed by atoms with Crippen molar-refractivity contribution in [2.24, 2.45) is 0 Å². The zero-order valence-corrected chi connectivity index (χ0v) is 13.9. The molecular formula is C18H19F3N4. The van der Waals surface area contributed by atoms with Crippen LogP contribution in [0.5, 0.6) is 0 Å². The average Bonchev–Trinajstić information content (AvgIpc) is 2.59. The van der Waals surface area contributed by atoms with Crippen LogP contribution in [0.4, 0.5) is 19.0 Å². The Balaban J connectivity index is 1.44. The van der Waals surface area contributed by atoms with E-state index in [4.69, 9.17) is 0 Å². The number of alkyl halides is 3. The maximum Gasteiger partial charge on any atom is 0.416 e. The lowest BCUT2D eigenvalue weighted by Gasteiger charge is -2.56. The third-order valence-electron chi connectivity index (χ3n) is 5.05. The molecule has 0 spiro atoms. The smallest absolute Gasteiger partial charge is 0.353 e. The summed E-state index contributed by atoms with van der Waals surface area (Å²) in [5.74, 6) is 1.68. The Morgan fingerprint density at radius 2 is 1.92 bits per heavy atom. The van der Waals surface area contributed by atoms with Gasteiger partial charge in [-0.05, 0) is 31.0 Å². The third-order valence-corrected chi connectivity index (χ3v) is 5.05. The van der Waals surface area contributed by atoms with Crippen molar-refractivity contribution in [3.05, 3.63) is 53.5 Å². The molecule has 0 saturated carbocycles. The van der Waals surface area contributed by atoms with Crippen molar-refractivity contribution in [3.63, 3.8) is 0 Å². The molecule has 2 unspecified atom stereocenters. The van der Waals surface area contributed by atoms with Crippen LogP contribution in [0, 0.1) is 6.92 Å². The van der Waals surface area contributed by atoms with E-state index in [9.17, 15) is 13.2 Å². The largest absolute Gasteiger partial charge is 0.416 e. The molecule has 3 saturated heterocycles. The second kappa shape index (κ2) is 5.98. The standard InChI is InChI=1S/C18H19F3N4/c1-12-22-6-5-17(23-12)24-10-15-8-16(11-24)25(15)9-13-3-2-4-14(7-13)18(19,20)21/h2-7,15-16H,8-11H2,1H3. The number of hydrogen-bond acceptors (Lipinski definition) is 4. The van der Waals surface area contributed by atoms with E-state index in [-0.39, 0.29) is 0 Å². The molecule has 0 radical (unpaired) electrons. The minimum atomic E-state index is -4.29. The number of fused-ring (bicyclic) bond motifs is 2. The summed E-state index contributed by atoms with van der Waals surface area (Å²) in [7, 11) is 0. The molecule has 3 fully saturated rings. The van der Waals surface area contributed by atoms with Gasteiger partial charge in [0.05, 0.1) is 5.56 Å². The van der Waals surface area contributed by atoms with Crippen LogP contribution in [0.3, 0.4) is 0 Å². The lowest BCUT2D eigenvalue weighted by molar-refractivity contribution is -0.137. The Morgan fingerprint density at radius 1 is 1.16 bits per heavy atom. The van der Waals surface area contributed by atoms with Crippen molar-refractivity contribution in [1.29, 1.82) is 0 Å². The molecule has 0 N–H and O–H groups in total. The summed E-state index contributed by atoms with van der Waals surface area (Å²) >= 11 is 0. The second-order valence-corrected chi connectivity index (χ2v) is 6.78. The fraction of sp³-hybridized carbons (Fsp3) is 0.444. The van der Waals surface area contributed by atoms with Crippen LogP contribution in [0.15, 0.2) is 36.5 Å². The van der Waals surface area contributed by atoms with Gasteiger partial charge in [-0.25, -0.2) is 9.97 Å². The molecular weight excluding hydrogens is 329 g/mol. The Labute approximate surface area is 144 Å². The molecule has 7 heteroatoms. The summed E-state index contributed by atoms with van der Waals surface area (Å²) in [5.41, 5.74) is 0.143. The summed E-state index contributed by atoms with van der Waals surface area (Å²) in [6, 6.07) is 8.29. The lowest BCUT2D eigenvalue weighted by Crippen LogP contribution is -2.68. The fourth-order valence-electron chi connectivity index (χ4n) is 3.81. The van der Waals surface area contributed by atoms with Crippen LogP contribution in [0.1, 0.15) is 23.4 Å². The van der Waals surface area contributed by atoms with Gasteiger partial charge in [-0.1, -0.05) is 18.2 Å². The number of benzene rings is 1. The predicted molar refractivity (Wildman–Crippen MR) is 88.2 cm³/mol. The number of rotatable bonds is 3. The molecule has 5 rings (SSSR count). The van der Waals surface area contributed by atoms with E-state index in [1.54, 1.807) is 12.3 Å². The minimum Gasteiger partial charge on any atom is -0.353 e. The van der Waals surface area contributed by atoms with E-state index in [0.717, 1.165) is 42.8 Å². The van der Waals surface area contributed by atoms with Gasteiger partial charge in [-0.3, -0.25) is 4.90 Å². The first kappa shape index (κ1) is 16.3. The lowest BCUT2D eigenvalue weighted by atomic mass is 9.86. The first-order valence-corrected chi connectivity index (χ1v) is 8.36. The van der Waals surface area contributed by atoms with Crippen molar-refractivity contribution in [2.45, 2.75) is 38.1 Å². The fourth-order valence-corrected chi connectivity index (χ4v) is 3.81. The summed E-state index contributed by atoms with van der Waals surface area (Å²) in [4.78, 5) is 13.1. The molecule has 132 valence electrons. The van der Waals surface area contributed by atoms with E-state index in [0.29, 0.717) is 18.6 Å². The number of nitrogens with zero attached hydrogens (tertiary/aromatic N) is 4. The number of anilines is 1. The molecule has 1 aromatic carbocycles. The Morgan fingerprint density at radius 3 is 2.60 bits per heavy atom. The van der Waals surface area contributed by atoms with E-state index in [1.165, 1.54) is 12.1 Å². The van der Waals surface area contributed by atoms with E-state index < -0.39 is 11.7 Å². The highest BCUT2D eigenvalue weighted by atomic mass is 19.4. The Bertz CT molecular complexity index is 765. The van der Waals surface area contributed by atoms with Crippen LogP contribution in [-0.4, -0.2) is 40.0 Å². The summed E-state index contributed by atoms with van der Waals surface area (Å²) in [6.07, 6.45) is -1.43. The van der Waals surface area contributed by atoms with Crippen LogP contribution < -0.4 is 4.90 Å². The number of aryl methyl sites for hydroxylation is 1. The van der Waals surface area contributed by atoms with Crippen molar-refractivity contribution in [2.75, 3.05) is 18.0 Å². The van der Waals surface area contributed by atoms with E-state index in [1.807, 2.05) is 13.0 Å². The Kier molecular flexibility index (Phi) is 3.91. The van der Waals surface area contributed by atoms with Gasteiger partial charge >= 0.3 is 6.18 Å². The topological polar surface area (TPSA) is 32.3 Å². The normalized spacial score (nSPS) is 23.4. The molecule has 2 atom stereocenters. The van der Waals surface area contributed by atoms with Gasteiger partial charge in [0.15, 0.2) is 0 Å².